The molecule has 168 valence electrons. The first-order valence-electron chi connectivity index (χ1n) is 10.9. The normalized spacial score (nSPS) is 14.1. The molecule has 0 atom stereocenters. The Labute approximate surface area is 192 Å². The fourth-order valence-corrected chi connectivity index (χ4v) is 4.29. The molecule has 3 heterocycles. The number of halogens is 1. The molecule has 32 heavy (non-hydrogen) atoms. The molecule has 0 radical (unpaired) electrons. The van der Waals surface area contributed by atoms with E-state index in [9.17, 15) is 9.59 Å². The number of hydrogen-bond acceptors (Lipinski definition) is 5. The summed E-state index contributed by atoms with van der Waals surface area (Å²) in [6, 6.07) is 11.9. The molecule has 1 aliphatic heterocycles. The van der Waals surface area contributed by atoms with E-state index in [0.717, 1.165) is 41.4 Å². The van der Waals surface area contributed by atoms with Crippen LogP contribution in [0.1, 0.15) is 25.5 Å². The average molecular weight is 455 g/mol. The Balaban J connectivity index is 1.45. The molecule has 1 aromatic carbocycles. The topological polar surface area (TPSA) is 67.2 Å². The average Bonchev–Trinajstić information content (AvgIpc) is 3.14. The lowest BCUT2D eigenvalue weighted by Gasteiger charge is -2.36. The maximum absolute atomic E-state index is 12.4. The zero-order valence-corrected chi connectivity index (χ0v) is 19.1. The van der Waals surface area contributed by atoms with Gasteiger partial charge in [0.15, 0.2) is 0 Å². The number of carbonyl (C=O) groups is 2. The second kappa shape index (κ2) is 9.61. The maximum atomic E-state index is 12.4. The first-order chi connectivity index (χ1) is 15.5. The third-order valence-corrected chi connectivity index (χ3v) is 6.15. The van der Waals surface area contributed by atoms with Gasteiger partial charge in [0.1, 0.15) is 5.65 Å². The third kappa shape index (κ3) is 4.58. The fraction of sp³-hybridized carbons (Fsp3) is 0.375. The Kier molecular flexibility index (Phi) is 6.65. The monoisotopic (exact) mass is 454 g/mol. The molecule has 0 spiro atoms. The number of carbonyl (C=O) groups excluding carboxylic acids is 2. The Hall–Kier alpha value is -3.06. The van der Waals surface area contributed by atoms with Crippen molar-refractivity contribution in [2.75, 3.05) is 37.7 Å². The Bertz CT molecular complexity index is 1140. The van der Waals surface area contributed by atoms with Crippen molar-refractivity contribution in [1.29, 1.82) is 0 Å². The van der Waals surface area contributed by atoms with Gasteiger partial charge < -0.3 is 18.9 Å². The number of hydrogen-bond donors (Lipinski definition) is 0. The smallest absolute Gasteiger partial charge is 0.306 e. The van der Waals surface area contributed by atoms with Crippen LogP contribution in [0.4, 0.5) is 5.69 Å². The van der Waals surface area contributed by atoms with Gasteiger partial charge in [-0.15, -0.1) is 0 Å². The number of fused-ring (bicyclic) bond motifs is 1. The van der Waals surface area contributed by atoms with E-state index in [-0.39, 0.29) is 24.7 Å². The Morgan fingerprint density at radius 3 is 2.59 bits per heavy atom. The number of benzene rings is 1. The van der Waals surface area contributed by atoms with Crippen LogP contribution in [0, 0.1) is 6.92 Å². The van der Waals surface area contributed by atoms with Gasteiger partial charge in [0, 0.05) is 55.7 Å². The molecule has 1 aliphatic rings. The first-order valence-corrected chi connectivity index (χ1v) is 11.3. The highest BCUT2D eigenvalue weighted by molar-refractivity contribution is 6.33. The largest absolute Gasteiger partial charge is 0.466 e. The van der Waals surface area contributed by atoms with E-state index < -0.39 is 0 Å². The minimum atomic E-state index is -0.324. The summed E-state index contributed by atoms with van der Waals surface area (Å²) in [6.45, 7) is 6.81. The number of esters is 1. The van der Waals surface area contributed by atoms with Gasteiger partial charge in [-0.3, -0.25) is 9.59 Å². The number of rotatable bonds is 6. The highest BCUT2D eigenvalue weighted by atomic mass is 35.5. The number of aromatic nitrogens is 2. The highest BCUT2D eigenvalue weighted by Crippen LogP contribution is 2.34. The molecule has 1 saturated heterocycles. The summed E-state index contributed by atoms with van der Waals surface area (Å²) in [5, 5.41) is 0.660. The lowest BCUT2D eigenvalue weighted by atomic mass is 10.1. The number of piperazine rings is 1. The predicted molar refractivity (Wildman–Crippen MR) is 125 cm³/mol. The van der Waals surface area contributed by atoms with Crippen molar-refractivity contribution in [3.63, 3.8) is 0 Å². The van der Waals surface area contributed by atoms with Gasteiger partial charge in [-0.05, 0) is 44.2 Å². The second-order valence-corrected chi connectivity index (χ2v) is 8.22. The summed E-state index contributed by atoms with van der Waals surface area (Å²) in [4.78, 5) is 32.8. The number of nitrogens with zero attached hydrogens (tertiary/aromatic N) is 4. The summed E-state index contributed by atoms with van der Waals surface area (Å²) >= 11 is 6.56. The molecular formula is C24H27ClN4O3. The zero-order valence-electron chi connectivity index (χ0n) is 18.4. The summed E-state index contributed by atoms with van der Waals surface area (Å²) < 4.78 is 6.96. The zero-order chi connectivity index (χ0) is 22.7. The molecule has 0 aliphatic carbocycles. The van der Waals surface area contributed by atoms with E-state index in [4.69, 9.17) is 21.3 Å². The second-order valence-electron chi connectivity index (χ2n) is 7.81. The van der Waals surface area contributed by atoms with E-state index in [1.54, 1.807) is 6.92 Å². The molecule has 4 rings (SSSR count). The van der Waals surface area contributed by atoms with Gasteiger partial charge in [-0.25, -0.2) is 4.98 Å². The van der Waals surface area contributed by atoms with Gasteiger partial charge in [0.2, 0.25) is 5.91 Å². The molecule has 0 saturated carbocycles. The first kappa shape index (κ1) is 22.1. The number of aryl methyl sites for hydroxylation is 1. The molecule has 0 bridgehead atoms. The molecule has 7 nitrogen and oxygen atoms in total. The van der Waals surface area contributed by atoms with Crippen LogP contribution in [0.3, 0.4) is 0 Å². The molecule has 1 amide bonds. The maximum Gasteiger partial charge on any atom is 0.306 e. The Morgan fingerprint density at radius 2 is 1.88 bits per heavy atom. The van der Waals surface area contributed by atoms with Crippen LogP contribution in [0.5, 0.6) is 0 Å². The van der Waals surface area contributed by atoms with E-state index in [2.05, 4.69) is 15.4 Å². The Morgan fingerprint density at radius 1 is 1.09 bits per heavy atom. The van der Waals surface area contributed by atoms with Gasteiger partial charge in [-0.2, -0.15) is 0 Å². The third-order valence-electron chi connectivity index (χ3n) is 5.82. The van der Waals surface area contributed by atoms with E-state index in [0.29, 0.717) is 24.7 Å². The molecule has 8 heteroatoms. The summed E-state index contributed by atoms with van der Waals surface area (Å²) in [5.74, 6) is -0.328. The van der Waals surface area contributed by atoms with E-state index in [1.165, 1.54) is 0 Å². The number of pyridine rings is 1. The van der Waals surface area contributed by atoms with E-state index in [1.807, 2.05) is 48.4 Å². The number of ether oxygens (including phenoxy) is 1. The molecule has 0 unspecified atom stereocenters. The van der Waals surface area contributed by atoms with Crippen LogP contribution >= 0.6 is 11.6 Å². The molecule has 2 aromatic heterocycles. The summed E-state index contributed by atoms with van der Waals surface area (Å²) in [7, 11) is 0. The minimum absolute atomic E-state index is 0.00479. The van der Waals surface area contributed by atoms with Crippen molar-refractivity contribution in [3.05, 3.63) is 53.3 Å². The molecule has 1 fully saturated rings. The van der Waals surface area contributed by atoms with Crippen LogP contribution in [-0.4, -0.2) is 58.9 Å². The quantitative estimate of drug-likeness (QED) is 0.527. The van der Waals surface area contributed by atoms with Crippen LogP contribution in [0.25, 0.3) is 16.9 Å². The number of amides is 1. The van der Waals surface area contributed by atoms with Crippen molar-refractivity contribution in [2.24, 2.45) is 0 Å². The van der Waals surface area contributed by atoms with Crippen molar-refractivity contribution >= 4 is 34.8 Å². The standard InChI is InChI=1S/C24H27ClN4O3/c1-3-32-23(31)10-9-22(30)28-14-12-27(13-15-28)18-7-8-20(25)19(16-18)24-17(2)29-11-5-4-6-21(29)26-24/h4-8,11,16H,3,9-10,12-15H2,1-2H3. The van der Waals surface area contributed by atoms with Crippen molar-refractivity contribution in [2.45, 2.75) is 26.7 Å². The van der Waals surface area contributed by atoms with Gasteiger partial charge in [-0.1, -0.05) is 17.7 Å². The van der Waals surface area contributed by atoms with Crippen LogP contribution in [0.15, 0.2) is 42.6 Å². The summed E-state index contributed by atoms with van der Waals surface area (Å²) in [6.07, 6.45) is 2.32. The lowest BCUT2D eigenvalue weighted by Crippen LogP contribution is -2.48. The van der Waals surface area contributed by atoms with Crippen LogP contribution < -0.4 is 4.90 Å². The highest BCUT2D eigenvalue weighted by Gasteiger charge is 2.23. The minimum Gasteiger partial charge on any atom is -0.466 e. The summed E-state index contributed by atoms with van der Waals surface area (Å²) in [5.41, 5.74) is 4.75. The SMILES string of the molecule is CCOC(=O)CCC(=O)N1CCN(c2ccc(Cl)c(-c3nc4ccccn4c3C)c2)CC1. The lowest BCUT2D eigenvalue weighted by molar-refractivity contribution is -0.145. The predicted octanol–water partition coefficient (Wildman–Crippen LogP) is 3.96. The van der Waals surface area contributed by atoms with Crippen LogP contribution in [-0.2, 0) is 14.3 Å². The van der Waals surface area contributed by atoms with Gasteiger partial charge in [0.05, 0.1) is 23.7 Å². The van der Waals surface area contributed by atoms with Crippen molar-refractivity contribution in [3.8, 4) is 11.3 Å². The molecule has 0 N–H and O–H groups in total. The van der Waals surface area contributed by atoms with Crippen LogP contribution in [0.2, 0.25) is 5.02 Å². The van der Waals surface area contributed by atoms with Crippen molar-refractivity contribution in [1.82, 2.24) is 14.3 Å². The molecular weight excluding hydrogens is 428 g/mol. The van der Waals surface area contributed by atoms with E-state index >= 15 is 0 Å². The van der Waals surface area contributed by atoms with Gasteiger partial charge in [0.25, 0.3) is 0 Å². The number of anilines is 1. The number of imidazole rings is 1. The fourth-order valence-electron chi connectivity index (χ4n) is 4.08. The van der Waals surface area contributed by atoms with Crippen molar-refractivity contribution < 1.29 is 14.3 Å². The molecule has 3 aromatic rings. The van der Waals surface area contributed by atoms with Gasteiger partial charge >= 0.3 is 5.97 Å².